The number of aryl methyl sites for hydroxylation is 2. The molecular weight excluding hydrogens is 313 g/mol. The number of hydrogen-bond donors (Lipinski definition) is 1. The molecule has 96 valence electrons. The smallest absolute Gasteiger partial charge is 0.128 e. The summed E-state index contributed by atoms with van der Waals surface area (Å²) in [5, 5.41) is 3.19. The van der Waals surface area contributed by atoms with Crippen molar-refractivity contribution in [1.29, 1.82) is 0 Å². The second-order valence-corrected chi connectivity index (χ2v) is 6.48. The molecule has 2 rings (SSSR count). The minimum Gasteiger partial charge on any atom is -0.309 e. The molecule has 0 radical (unpaired) electrons. The van der Waals surface area contributed by atoms with E-state index in [1.165, 1.54) is 16.5 Å². The van der Waals surface area contributed by atoms with E-state index in [-0.39, 0.29) is 11.9 Å². The van der Waals surface area contributed by atoms with Crippen LogP contribution in [0.15, 0.2) is 28.7 Å². The first-order valence-electron chi connectivity index (χ1n) is 5.72. The van der Waals surface area contributed by atoms with Crippen molar-refractivity contribution in [2.24, 2.45) is 0 Å². The monoisotopic (exact) mass is 327 g/mol. The van der Waals surface area contributed by atoms with Gasteiger partial charge in [0.25, 0.3) is 0 Å². The molecule has 0 saturated carbocycles. The van der Waals surface area contributed by atoms with E-state index in [0.29, 0.717) is 5.56 Å². The van der Waals surface area contributed by atoms with E-state index in [1.807, 2.05) is 13.1 Å². The molecule has 0 amide bonds. The summed E-state index contributed by atoms with van der Waals surface area (Å²) in [5.41, 5.74) is 1.93. The van der Waals surface area contributed by atoms with Crippen LogP contribution >= 0.6 is 27.3 Å². The van der Waals surface area contributed by atoms with Gasteiger partial charge in [-0.15, -0.1) is 11.3 Å². The molecule has 1 heterocycles. The molecule has 0 aliphatic carbocycles. The molecule has 4 heteroatoms. The van der Waals surface area contributed by atoms with Crippen molar-refractivity contribution in [3.05, 3.63) is 55.4 Å². The van der Waals surface area contributed by atoms with Gasteiger partial charge in [0.15, 0.2) is 0 Å². The fraction of sp³-hybridized carbons (Fsp3) is 0.286. The molecule has 1 N–H and O–H groups in total. The Morgan fingerprint density at radius 1 is 1.28 bits per heavy atom. The van der Waals surface area contributed by atoms with Gasteiger partial charge in [0, 0.05) is 19.8 Å². The maximum absolute atomic E-state index is 13.9. The quantitative estimate of drug-likeness (QED) is 0.870. The molecule has 2 aromatic rings. The molecule has 18 heavy (non-hydrogen) atoms. The Morgan fingerprint density at radius 3 is 2.56 bits per heavy atom. The number of hydrogen-bond acceptors (Lipinski definition) is 2. The lowest BCUT2D eigenvalue weighted by molar-refractivity contribution is 0.579. The van der Waals surface area contributed by atoms with E-state index in [0.717, 1.165) is 9.35 Å². The fourth-order valence-corrected chi connectivity index (χ4v) is 3.48. The van der Waals surface area contributed by atoms with E-state index in [4.69, 9.17) is 0 Å². The number of thiophene rings is 1. The van der Waals surface area contributed by atoms with Crippen LogP contribution in [0.1, 0.15) is 26.9 Å². The summed E-state index contributed by atoms with van der Waals surface area (Å²) in [6.45, 7) is 4.17. The Labute approximate surface area is 119 Å². The van der Waals surface area contributed by atoms with Crippen molar-refractivity contribution in [3.8, 4) is 0 Å². The van der Waals surface area contributed by atoms with Crippen LogP contribution in [0.3, 0.4) is 0 Å². The minimum absolute atomic E-state index is 0.0973. The predicted molar refractivity (Wildman–Crippen MR) is 78.8 cm³/mol. The van der Waals surface area contributed by atoms with Crippen molar-refractivity contribution in [3.63, 3.8) is 0 Å². The first kappa shape index (κ1) is 13.7. The van der Waals surface area contributed by atoms with Crippen LogP contribution in [0, 0.1) is 19.7 Å². The molecule has 1 atom stereocenters. The summed E-state index contributed by atoms with van der Waals surface area (Å²) >= 11 is 5.11. The van der Waals surface area contributed by atoms with Crippen molar-refractivity contribution in [1.82, 2.24) is 5.32 Å². The summed E-state index contributed by atoms with van der Waals surface area (Å²) in [6, 6.07) is 7.08. The van der Waals surface area contributed by atoms with Gasteiger partial charge in [0.1, 0.15) is 5.82 Å². The Bertz CT molecular complexity index is 545. The van der Waals surface area contributed by atoms with Gasteiger partial charge < -0.3 is 5.32 Å². The zero-order valence-corrected chi connectivity index (χ0v) is 13.0. The van der Waals surface area contributed by atoms with Gasteiger partial charge in [-0.2, -0.15) is 0 Å². The Balaban J connectivity index is 2.48. The maximum Gasteiger partial charge on any atom is 0.128 e. The lowest BCUT2D eigenvalue weighted by Gasteiger charge is -2.16. The average Bonchev–Trinajstić information content (AvgIpc) is 2.65. The van der Waals surface area contributed by atoms with Crippen LogP contribution < -0.4 is 5.32 Å². The normalized spacial score (nSPS) is 12.7. The SMILES string of the molecule is CNC(c1cc(C)c(C)s1)c1cc(Br)ccc1F. The second kappa shape index (κ2) is 5.51. The van der Waals surface area contributed by atoms with Crippen LogP contribution in [0.2, 0.25) is 0 Å². The van der Waals surface area contributed by atoms with Crippen molar-refractivity contribution >= 4 is 27.3 Å². The molecule has 1 aromatic heterocycles. The highest BCUT2D eigenvalue weighted by molar-refractivity contribution is 9.10. The van der Waals surface area contributed by atoms with Crippen LogP contribution in [0.5, 0.6) is 0 Å². The molecular formula is C14H15BrFNS. The molecule has 0 aliphatic rings. The highest BCUT2D eigenvalue weighted by atomic mass is 79.9. The maximum atomic E-state index is 13.9. The third-order valence-electron chi connectivity index (χ3n) is 3.03. The zero-order valence-electron chi connectivity index (χ0n) is 10.6. The lowest BCUT2D eigenvalue weighted by Crippen LogP contribution is -2.17. The van der Waals surface area contributed by atoms with Gasteiger partial charge in [-0.25, -0.2) is 4.39 Å². The number of rotatable bonds is 3. The highest BCUT2D eigenvalue weighted by Crippen LogP contribution is 2.32. The van der Waals surface area contributed by atoms with Crippen LogP contribution in [0.25, 0.3) is 0 Å². The molecule has 1 nitrogen and oxygen atoms in total. The standard InChI is InChI=1S/C14H15BrFNS/c1-8-6-13(18-9(8)2)14(17-3)11-7-10(15)4-5-12(11)16/h4-7,14,17H,1-3H3. The molecule has 0 saturated heterocycles. The van der Waals surface area contributed by atoms with E-state index in [1.54, 1.807) is 17.4 Å². The summed E-state index contributed by atoms with van der Waals surface area (Å²) in [4.78, 5) is 2.42. The largest absolute Gasteiger partial charge is 0.309 e. The highest BCUT2D eigenvalue weighted by Gasteiger charge is 2.19. The first-order chi connectivity index (χ1) is 8.52. The van der Waals surface area contributed by atoms with E-state index in [2.05, 4.69) is 41.2 Å². The van der Waals surface area contributed by atoms with Gasteiger partial charge in [-0.05, 0) is 50.7 Å². The predicted octanol–water partition coefficient (Wildman–Crippen LogP) is 4.58. The van der Waals surface area contributed by atoms with Gasteiger partial charge in [0.05, 0.1) is 6.04 Å². The summed E-state index contributed by atoms with van der Waals surface area (Å²) < 4.78 is 14.8. The average molecular weight is 328 g/mol. The van der Waals surface area contributed by atoms with Crippen molar-refractivity contribution in [2.75, 3.05) is 7.05 Å². The van der Waals surface area contributed by atoms with Crippen molar-refractivity contribution in [2.45, 2.75) is 19.9 Å². The topological polar surface area (TPSA) is 12.0 Å². The summed E-state index contributed by atoms with van der Waals surface area (Å²) in [5.74, 6) is -0.179. The van der Waals surface area contributed by atoms with Gasteiger partial charge >= 0.3 is 0 Å². The molecule has 0 fully saturated rings. The fourth-order valence-electron chi connectivity index (χ4n) is 1.93. The third-order valence-corrected chi connectivity index (χ3v) is 4.74. The number of benzene rings is 1. The van der Waals surface area contributed by atoms with Crippen molar-refractivity contribution < 1.29 is 4.39 Å². The van der Waals surface area contributed by atoms with E-state index < -0.39 is 0 Å². The molecule has 0 spiro atoms. The lowest BCUT2D eigenvalue weighted by atomic mass is 10.0. The van der Waals surface area contributed by atoms with Gasteiger partial charge in [-0.1, -0.05) is 15.9 Å². The Kier molecular flexibility index (Phi) is 4.20. The number of halogens is 2. The van der Waals surface area contributed by atoms with E-state index >= 15 is 0 Å². The molecule has 0 aliphatic heterocycles. The minimum atomic E-state index is -0.179. The second-order valence-electron chi connectivity index (χ2n) is 4.28. The summed E-state index contributed by atoms with van der Waals surface area (Å²) in [7, 11) is 1.86. The summed E-state index contributed by atoms with van der Waals surface area (Å²) in [6.07, 6.45) is 0. The first-order valence-corrected chi connectivity index (χ1v) is 7.33. The molecule has 0 bridgehead atoms. The molecule has 1 unspecified atom stereocenters. The van der Waals surface area contributed by atoms with E-state index in [9.17, 15) is 4.39 Å². The number of nitrogens with one attached hydrogen (secondary N) is 1. The van der Waals surface area contributed by atoms with Crippen LogP contribution in [0.4, 0.5) is 4.39 Å². The van der Waals surface area contributed by atoms with Crippen LogP contribution in [-0.2, 0) is 0 Å². The third kappa shape index (κ3) is 2.66. The Hall–Kier alpha value is -0.710. The molecule has 1 aromatic carbocycles. The van der Waals surface area contributed by atoms with Crippen LogP contribution in [-0.4, -0.2) is 7.05 Å². The Morgan fingerprint density at radius 2 is 2.00 bits per heavy atom. The van der Waals surface area contributed by atoms with Gasteiger partial charge in [0.2, 0.25) is 0 Å². The zero-order chi connectivity index (χ0) is 13.3. The van der Waals surface area contributed by atoms with Gasteiger partial charge in [-0.3, -0.25) is 0 Å².